The van der Waals surface area contributed by atoms with Gasteiger partial charge in [-0.3, -0.25) is 9.48 Å². The van der Waals surface area contributed by atoms with E-state index in [1.807, 2.05) is 6.07 Å². The van der Waals surface area contributed by atoms with Gasteiger partial charge in [0.15, 0.2) is 12.0 Å². The first-order valence-corrected chi connectivity index (χ1v) is 6.80. The molecule has 0 aliphatic carbocycles. The summed E-state index contributed by atoms with van der Waals surface area (Å²) in [5, 5.41) is 13.1. The number of carbonyl (C=O) groups excluding carboxylic acids is 1. The molecule has 7 heteroatoms. The molecule has 0 fully saturated rings. The third-order valence-corrected chi connectivity index (χ3v) is 3.51. The molecule has 0 amide bonds. The summed E-state index contributed by atoms with van der Waals surface area (Å²) in [5.74, 6) is -0.465. The van der Waals surface area contributed by atoms with Gasteiger partial charge in [0.25, 0.3) is 0 Å². The number of carbonyl (C=O) groups is 1. The van der Waals surface area contributed by atoms with Crippen molar-refractivity contribution in [3.63, 3.8) is 0 Å². The number of aldehydes is 1. The Bertz CT molecular complexity index is 919. The summed E-state index contributed by atoms with van der Waals surface area (Å²) < 4.78 is 16.7. The molecule has 0 saturated carbocycles. The van der Waals surface area contributed by atoms with Gasteiger partial charge in [0.05, 0.1) is 24.8 Å². The topological polar surface area (TPSA) is 76.5 Å². The molecular weight excluding hydrogens is 297 g/mol. The highest BCUT2D eigenvalue weighted by Crippen LogP contribution is 2.27. The second-order valence-corrected chi connectivity index (χ2v) is 5.03. The van der Waals surface area contributed by atoms with E-state index in [1.54, 1.807) is 41.1 Å². The molecule has 23 heavy (non-hydrogen) atoms. The summed E-state index contributed by atoms with van der Waals surface area (Å²) in [4.78, 5) is 15.2. The van der Waals surface area contributed by atoms with Gasteiger partial charge >= 0.3 is 0 Å². The van der Waals surface area contributed by atoms with Gasteiger partial charge in [0.1, 0.15) is 11.9 Å². The van der Waals surface area contributed by atoms with Crippen molar-refractivity contribution in [2.75, 3.05) is 0 Å². The minimum atomic E-state index is -0.465. The van der Waals surface area contributed by atoms with Crippen LogP contribution in [0, 0.1) is 17.1 Å². The van der Waals surface area contributed by atoms with Crippen LogP contribution in [-0.2, 0) is 13.6 Å². The lowest BCUT2D eigenvalue weighted by atomic mass is 10.0. The predicted molar refractivity (Wildman–Crippen MR) is 80.0 cm³/mol. The Morgan fingerprint density at radius 3 is 2.96 bits per heavy atom. The summed E-state index contributed by atoms with van der Waals surface area (Å²) in [5.41, 5.74) is 2.75. The fraction of sp³-hybridized carbons (Fsp3) is 0.125. The van der Waals surface area contributed by atoms with Gasteiger partial charge in [-0.05, 0) is 18.2 Å². The average Bonchev–Trinajstić information content (AvgIpc) is 3.15. The Labute approximate surface area is 131 Å². The molecule has 1 aromatic carbocycles. The standard InChI is InChI=1S/C16H12FN5O/c1-21-16(15-3-2-13(17)4-11(15)9-23)12(6-20-21)7-22-8-14(5-18)19-10-22/h2-4,6,8-10H,7H2,1H3. The smallest absolute Gasteiger partial charge is 0.158 e. The first kappa shape index (κ1) is 14.7. The zero-order valence-electron chi connectivity index (χ0n) is 12.3. The second kappa shape index (κ2) is 5.85. The minimum Gasteiger partial charge on any atom is -0.332 e. The lowest BCUT2D eigenvalue weighted by Crippen LogP contribution is -2.02. The van der Waals surface area contributed by atoms with Crippen LogP contribution in [0.1, 0.15) is 21.6 Å². The maximum atomic E-state index is 13.3. The van der Waals surface area contributed by atoms with Crippen LogP contribution >= 0.6 is 0 Å². The maximum absolute atomic E-state index is 13.3. The van der Waals surface area contributed by atoms with Gasteiger partial charge in [-0.1, -0.05) is 0 Å². The molecule has 2 aromatic heterocycles. The molecule has 0 bridgehead atoms. The fourth-order valence-electron chi connectivity index (χ4n) is 2.49. The minimum absolute atomic E-state index is 0.262. The summed E-state index contributed by atoms with van der Waals surface area (Å²) in [7, 11) is 1.76. The van der Waals surface area contributed by atoms with E-state index in [9.17, 15) is 9.18 Å². The number of halogens is 1. The normalized spacial score (nSPS) is 10.5. The lowest BCUT2D eigenvalue weighted by molar-refractivity contribution is 0.112. The van der Waals surface area contributed by atoms with Crippen molar-refractivity contribution in [3.05, 3.63) is 59.6 Å². The first-order chi connectivity index (χ1) is 11.1. The Hall–Kier alpha value is -3.27. The van der Waals surface area contributed by atoms with E-state index in [-0.39, 0.29) is 5.56 Å². The van der Waals surface area contributed by atoms with E-state index < -0.39 is 5.82 Å². The van der Waals surface area contributed by atoms with Gasteiger partial charge in [-0.15, -0.1) is 0 Å². The zero-order valence-corrected chi connectivity index (χ0v) is 12.3. The van der Waals surface area contributed by atoms with E-state index >= 15 is 0 Å². The number of imidazole rings is 1. The Morgan fingerprint density at radius 2 is 2.26 bits per heavy atom. The molecule has 0 N–H and O–H groups in total. The number of aryl methyl sites for hydroxylation is 1. The van der Waals surface area contributed by atoms with Crippen molar-refractivity contribution in [1.82, 2.24) is 19.3 Å². The molecule has 0 spiro atoms. The van der Waals surface area contributed by atoms with Crippen LogP contribution in [-0.4, -0.2) is 25.6 Å². The molecular formula is C16H12FN5O. The van der Waals surface area contributed by atoms with Crippen molar-refractivity contribution in [2.24, 2.45) is 7.05 Å². The van der Waals surface area contributed by atoms with Gasteiger partial charge in [-0.25, -0.2) is 9.37 Å². The first-order valence-electron chi connectivity index (χ1n) is 6.80. The third kappa shape index (κ3) is 2.74. The number of aromatic nitrogens is 4. The van der Waals surface area contributed by atoms with E-state index in [4.69, 9.17) is 5.26 Å². The van der Waals surface area contributed by atoms with Crippen molar-refractivity contribution < 1.29 is 9.18 Å². The predicted octanol–water partition coefficient (Wildman–Crippen LogP) is 2.16. The largest absolute Gasteiger partial charge is 0.332 e. The second-order valence-electron chi connectivity index (χ2n) is 5.03. The summed E-state index contributed by atoms with van der Waals surface area (Å²) in [6, 6.07) is 6.04. The van der Waals surface area contributed by atoms with Gasteiger partial charge < -0.3 is 4.57 Å². The molecule has 0 atom stereocenters. The van der Waals surface area contributed by atoms with Crippen LogP contribution in [0.25, 0.3) is 11.3 Å². The van der Waals surface area contributed by atoms with Crippen LogP contribution in [0.4, 0.5) is 4.39 Å². The SMILES string of the molecule is Cn1ncc(Cn2cnc(C#N)c2)c1-c1ccc(F)cc1C=O. The number of nitriles is 1. The Balaban J connectivity index is 2.06. The Morgan fingerprint density at radius 1 is 1.43 bits per heavy atom. The van der Waals surface area contributed by atoms with Crippen molar-refractivity contribution in [1.29, 1.82) is 5.26 Å². The molecule has 2 heterocycles. The molecule has 114 valence electrons. The van der Waals surface area contributed by atoms with Crippen LogP contribution in [0.5, 0.6) is 0 Å². The monoisotopic (exact) mass is 309 g/mol. The van der Waals surface area contributed by atoms with E-state index in [0.717, 1.165) is 11.3 Å². The van der Waals surface area contributed by atoms with Gasteiger partial charge in [-0.2, -0.15) is 10.4 Å². The van der Waals surface area contributed by atoms with Gasteiger partial charge in [0, 0.05) is 29.9 Å². The highest BCUT2D eigenvalue weighted by Gasteiger charge is 2.15. The van der Waals surface area contributed by atoms with E-state index in [1.165, 1.54) is 12.1 Å². The molecule has 0 aliphatic rings. The van der Waals surface area contributed by atoms with Gasteiger partial charge in [0.2, 0.25) is 0 Å². The van der Waals surface area contributed by atoms with Crippen molar-refractivity contribution in [3.8, 4) is 17.3 Å². The number of rotatable bonds is 4. The molecule has 6 nitrogen and oxygen atoms in total. The zero-order chi connectivity index (χ0) is 16.4. The molecule has 0 saturated heterocycles. The number of hydrogen-bond acceptors (Lipinski definition) is 4. The molecule has 3 rings (SSSR count). The van der Waals surface area contributed by atoms with Crippen molar-refractivity contribution >= 4 is 6.29 Å². The quantitative estimate of drug-likeness (QED) is 0.692. The average molecular weight is 309 g/mol. The third-order valence-electron chi connectivity index (χ3n) is 3.51. The van der Waals surface area contributed by atoms with Crippen LogP contribution < -0.4 is 0 Å². The summed E-state index contributed by atoms with van der Waals surface area (Å²) >= 11 is 0. The number of nitrogens with zero attached hydrogens (tertiary/aromatic N) is 5. The maximum Gasteiger partial charge on any atom is 0.158 e. The molecule has 0 radical (unpaired) electrons. The highest BCUT2D eigenvalue weighted by atomic mass is 19.1. The lowest BCUT2D eigenvalue weighted by Gasteiger charge is -2.09. The highest BCUT2D eigenvalue weighted by molar-refractivity contribution is 5.87. The molecule has 0 unspecified atom stereocenters. The van der Waals surface area contributed by atoms with Crippen LogP contribution in [0.2, 0.25) is 0 Å². The fourth-order valence-corrected chi connectivity index (χ4v) is 2.49. The van der Waals surface area contributed by atoms with Crippen LogP contribution in [0.15, 0.2) is 36.9 Å². The number of hydrogen-bond donors (Lipinski definition) is 0. The molecule has 0 aliphatic heterocycles. The summed E-state index contributed by atoms with van der Waals surface area (Å²) in [6.07, 6.45) is 5.49. The Kier molecular flexibility index (Phi) is 3.73. The van der Waals surface area contributed by atoms with Crippen LogP contribution in [0.3, 0.4) is 0 Å². The van der Waals surface area contributed by atoms with Crippen molar-refractivity contribution in [2.45, 2.75) is 6.54 Å². The van der Waals surface area contributed by atoms with E-state index in [2.05, 4.69) is 10.1 Å². The number of benzene rings is 1. The van der Waals surface area contributed by atoms with E-state index in [0.29, 0.717) is 24.1 Å². The summed E-state index contributed by atoms with van der Waals surface area (Å²) in [6.45, 7) is 0.438. The molecule has 3 aromatic rings.